The molecule has 0 aliphatic heterocycles. The Balaban J connectivity index is 3.86. The monoisotopic (exact) mass is 147 g/mol. The molecule has 0 aliphatic rings. The number of esters is 1. The van der Waals surface area contributed by atoms with Crippen molar-refractivity contribution in [1.29, 1.82) is 0 Å². The highest BCUT2D eigenvalue weighted by Crippen LogP contribution is 1.78. The number of hydrogen-bond acceptors (Lipinski definition) is 5. The molecule has 0 aromatic carbocycles. The zero-order chi connectivity index (χ0) is 8.15. The number of nitro groups is 1. The second-order valence-electron chi connectivity index (χ2n) is 1.41. The van der Waals surface area contributed by atoms with Gasteiger partial charge in [-0.15, -0.1) is 0 Å². The van der Waals surface area contributed by atoms with Crippen LogP contribution in [0.15, 0.2) is 0 Å². The number of Topliss-reactive ketones (excluding diaryl/α,β-unsaturated/α-hetero) is 1. The lowest BCUT2D eigenvalue weighted by Gasteiger charge is -1.91. The summed E-state index contributed by atoms with van der Waals surface area (Å²) in [5.74, 6) is -2.33. The Labute approximate surface area is 55.9 Å². The molecule has 0 fully saturated rings. The van der Waals surface area contributed by atoms with E-state index in [0.29, 0.717) is 0 Å². The standard InChI is InChI=1S/C4H5NO5/c1-10-4(7)3(6)2-5(8)9/h2H2,1H3. The molecule has 0 aliphatic carbocycles. The number of ether oxygens (including phenoxy) is 1. The first-order chi connectivity index (χ1) is 4.57. The second-order valence-corrected chi connectivity index (χ2v) is 1.41. The van der Waals surface area contributed by atoms with Gasteiger partial charge in [-0.1, -0.05) is 0 Å². The molecule has 0 saturated heterocycles. The van der Waals surface area contributed by atoms with E-state index < -0.39 is 23.2 Å². The molecule has 6 nitrogen and oxygen atoms in total. The van der Waals surface area contributed by atoms with Crippen LogP contribution in [0.3, 0.4) is 0 Å². The maximum atomic E-state index is 10.3. The van der Waals surface area contributed by atoms with E-state index in [1.54, 1.807) is 0 Å². The van der Waals surface area contributed by atoms with E-state index >= 15 is 0 Å². The van der Waals surface area contributed by atoms with E-state index in [-0.39, 0.29) is 0 Å². The third-order valence-corrected chi connectivity index (χ3v) is 0.686. The Morgan fingerprint density at radius 2 is 2.10 bits per heavy atom. The second kappa shape index (κ2) is 3.54. The van der Waals surface area contributed by atoms with Gasteiger partial charge in [0.15, 0.2) is 0 Å². The Morgan fingerprint density at radius 3 is 2.40 bits per heavy atom. The molecule has 56 valence electrons. The summed E-state index contributed by atoms with van der Waals surface area (Å²) in [5, 5.41) is 9.61. The number of carbonyl (C=O) groups excluding carboxylic acids is 2. The lowest BCUT2D eigenvalue weighted by atomic mass is 10.4. The highest BCUT2D eigenvalue weighted by atomic mass is 16.6. The van der Waals surface area contributed by atoms with Crippen LogP contribution in [0.25, 0.3) is 0 Å². The van der Waals surface area contributed by atoms with Crippen molar-refractivity contribution in [3.05, 3.63) is 10.1 Å². The lowest BCUT2D eigenvalue weighted by Crippen LogP contribution is -2.23. The predicted octanol–water partition coefficient (Wildman–Crippen LogP) is -0.995. The smallest absolute Gasteiger partial charge is 0.381 e. The van der Waals surface area contributed by atoms with Crippen molar-refractivity contribution in [2.45, 2.75) is 0 Å². The molecular weight excluding hydrogens is 142 g/mol. The first kappa shape index (κ1) is 8.54. The van der Waals surface area contributed by atoms with E-state index in [1.165, 1.54) is 0 Å². The van der Waals surface area contributed by atoms with Gasteiger partial charge in [0.25, 0.3) is 6.54 Å². The van der Waals surface area contributed by atoms with Gasteiger partial charge in [0.2, 0.25) is 0 Å². The molecule has 0 radical (unpaired) electrons. The number of hydrogen-bond donors (Lipinski definition) is 0. The highest BCUT2D eigenvalue weighted by molar-refractivity contribution is 6.34. The maximum Gasteiger partial charge on any atom is 0.381 e. The zero-order valence-electron chi connectivity index (χ0n) is 5.20. The van der Waals surface area contributed by atoms with Gasteiger partial charge in [-0.25, -0.2) is 4.79 Å². The molecule has 0 heterocycles. The highest BCUT2D eigenvalue weighted by Gasteiger charge is 2.19. The molecule has 0 N–H and O–H groups in total. The topological polar surface area (TPSA) is 86.5 Å². The Morgan fingerprint density at radius 1 is 1.60 bits per heavy atom. The van der Waals surface area contributed by atoms with Crippen molar-refractivity contribution < 1.29 is 19.2 Å². The molecule has 0 rings (SSSR count). The molecule has 0 amide bonds. The van der Waals surface area contributed by atoms with Gasteiger partial charge < -0.3 is 4.74 Å². The third-order valence-electron chi connectivity index (χ3n) is 0.686. The molecule has 0 saturated carbocycles. The van der Waals surface area contributed by atoms with Crippen molar-refractivity contribution in [2.24, 2.45) is 0 Å². The molecule has 0 bridgehead atoms. The average molecular weight is 147 g/mol. The largest absolute Gasteiger partial charge is 0.463 e. The first-order valence-corrected chi connectivity index (χ1v) is 2.31. The third kappa shape index (κ3) is 2.75. The van der Waals surface area contributed by atoms with E-state index in [9.17, 15) is 19.7 Å². The first-order valence-electron chi connectivity index (χ1n) is 2.31. The zero-order valence-corrected chi connectivity index (χ0v) is 5.20. The summed E-state index contributed by atoms with van der Waals surface area (Å²) < 4.78 is 3.92. The molecule has 0 spiro atoms. The van der Waals surface area contributed by atoms with Crippen LogP contribution in [0, 0.1) is 10.1 Å². The summed E-state index contributed by atoms with van der Waals surface area (Å²) in [6.07, 6.45) is 0. The molecular formula is C4H5NO5. The van der Waals surface area contributed by atoms with Crippen LogP contribution in [0.2, 0.25) is 0 Å². The van der Waals surface area contributed by atoms with Crippen LogP contribution < -0.4 is 0 Å². The van der Waals surface area contributed by atoms with Gasteiger partial charge in [-0.2, -0.15) is 0 Å². The summed E-state index contributed by atoms with van der Waals surface area (Å²) in [4.78, 5) is 29.2. The minimum Gasteiger partial charge on any atom is -0.463 e. The van der Waals surface area contributed by atoms with Crippen LogP contribution in [0.5, 0.6) is 0 Å². The van der Waals surface area contributed by atoms with Crippen molar-refractivity contribution in [2.75, 3.05) is 13.7 Å². The number of methoxy groups -OCH3 is 1. The summed E-state index contributed by atoms with van der Waals surface area (Å²) in [6, 6.07) is 0. The number of rotatable bonds is 3. The van der Waals surface area contributed by atoms with Crippen molar-refractivity contribution in [1.82, 2.24) is 0 Å². The molecule has 0 atom stereocenters. The van der Waals surface area contributed by atoms with Crippen LogP contribution in [-0.2, 0) is 14.3 Å². The molecule has 0 aromatic heterocycles. The van der Waals surface area contributed by atoms with Gasteiger partial charge in [-0.05, 0) is 0 Å². The van der Waals surface area contributed by atoms with Crippen LogP contribution in [0.4, 0.5) is 0 Å². The molecule has 0 aromatic rings. The Kier molecular flexibility index (Phi) is 3.03. The normalized spacial score (nSPS) is 8.50. The van der Waals surface area contributed by atoms with Crippen molar-refractivity contribution >= 4 is 11.8 Å². The summed E-state index contributed by atoms with van der Waals surface area (Å²) in [7, 11) is 0.986. The average Bonchev–Trinajstić information content (AvgIpc) is 1.85. The summed E-state index contributed by atoms with van der Waals surface area (Å²) >= 11 is 0. The number of nitrogens with zero attached hydrogens (tertiary/aromatic N) is 1. The summed E-state index contributed by atoms with van der Waals surface area (Å²) in [5.41, 5.74) is 0. The van der Waals surface area contributed by atoms with Crippen molar-refractivity contribution in [3.8, 4) is 0 Å². The van der Waals surface area contributed by atoms with Gasteiger partial charge in [-0.3, -0.25) is 14.9 Å². The molecule has 0 unspecified atom stereocenters. The maximum absolute atomic E-state index is 10.3. The van der Waals surface area contributed by atoms with Crippen LogP contribution >= 0.6 is 0 Å². The van der Waals surface area contributed by atoms with Crippen LogP contribution in [-0.4, -0.2) is 30.3 Å². The fraction of sp³-hybridized carbons (Fsp3) is 0.500. The number of carbonyl (C=O) groups is 2. The van der Waals surface area contributed by atoms with Crippen LogP contribution in [0.1, 0.15) is 0 Å². The minimum absolute atomic E-state index is 0.890. The molecule has 10 heavy (non-hydrogen) atoms. The van der Waals surface area contributed by atoms with E-state index in [0.717, 1.165) is 7.11 Å². The fourth-order valence-electron chi connectivity index (χ4n) is 0.296. The van der Waals surface area contributed by atoms with Gasteiger partial charge in [0, 0.05) is 4.92 Å². The van der Waals surface area contributed by atoms with E-state index in [1.807, 2.05) is 0 Å². The van der Waals surface area contributed by atoms with E-state index in [2.05, 4.69) is 4.74 Å². The molecule has 6 heteroatoms. The van der Waals surface area contributed by atoms with E-state index in [4.69, 9.17) is 0 Å². The SMILES string of the molecule is COC(=O)C(=O)C[N+](=O)[O-]. The quantitative estimate of drug-likeness (QED) is 0.221. The summed E-state index contributed by atoms with van der Waals surface area (Å²) in [6.45, 7) is -1.01. The lowest BCUT2D eigenvalue weighted by molar-refractivity contribution is -0.466. The van der Waals surface area contributed by atoms with Gasteiger partial charge in [0.1, 0.15) is 0 Å². The Hall–Kier alpha value is -1.46. The van der Waals surface area contributed by atoms with Crippen molar-refractivity contribution in [3.63, 3.8) is 0 Å². The fourth-order valence-corrected chi connectivity index (χ4v) is 0.296. The number of ketones is 1. The van der Waals surface area contributed by atoms with Gasteiger partial charge >= 0.3 is 11.8 Å². The minimum atomic E-state index is -1.18. The predicted molar refractivity (Wildman–Crippen MR) is 28.9 cm³/mol. The Bertz CT molecular complexity index is 174. The van der Waals surface area contributed by atoms with Gasteiger partial charge in [0.05, 0.1) is 7.11 Å².